The van der Waals surface area contributed by atoms with Crippen molar-refractivity contribution < 1.29 is 8.42 Å². The summed E-state index contributed by atoms with van der Waals surface area (Å²) < 4.78 is 27.5. The van der Waals surface area contributed by atoms with Crippen molar-refractivity contribution >= 4 is 15.7 Å². The minimum absolute atomic E-state index is 0.303. The Balaban J connectivity index is 2.88. The Bertz CT molecular complexity index is 552. The molecule has 1 aromatic rings. The summed E-state index contributed by atoms with van der Waals surface area (Å²) in [5, 5.41) is 0. The summed E-state index contributed by atoms with van der Waals surface area (Å²) in [6.07, 6.45) is 0. The van der Waals surface area contributed by atoms with E-state index in [-0.39, 0.29) is 0 Å². The smallest absolute Gasteiger partial charge is 0.241 e. The Kier molecular flexibility index (Phi) is 5.98. The maximum absolute atomic E-state index is 12.4. The van der Waals surface area contributed by atoms with Crippen molar-refractivity contribution in [3.63, 3.8) is 0 Å². The van der Waals surface area contributed by atoms with Gasteiger partial charge in [-0.15, -0.1) is 0 Å². The highest BCUT2D eigenvalue weighted by Gasteiger charge is 2.20. The first-order valence-corrected chi connectivity index (χ1v) is 8.39. The molecule has 0 aromatic heterocycles. The van der Waals surface area contributed by atoms with Gasteiger partial charge >= 0.3 is 0 Å². The largest absolute Gasteiger partial charge is 0.398 e. The number of nitrogens with two attached hydrogens (primary N) is 1. The van der Waals surface area contributed by atoms with Crippen molar-refractivity contribution in [2.45, 2.75) is 32.6 Å². The monoisotopic (exact) mass is 299 g/mol. The maximum atomic E-state index is 12.4. The van der Waals surface area contributed by atoms with Crippen molar-refractivity contribution in [3.05, 3.63) is 23.3 Å². The molecule has 20 heavy (non-hydrogen) atoms. The SMILES string of the molecule is CCN(CC)CCNS(=O)(=O)c1c(C)ccc(N)c1C. The van der Waals surface area contributed by atoms with E-state index < -0.39 is 10.0 Å². The van der Waals surface area contributed by atoms with Crippen LogP contribution in [0.4, 0.5) is 5.69 Å². The van der Waals surface area contributed by atoms with Gasteiger partial charge in [-0.3, -0.25) is 0 Å². The second kappa shape index (κ2) is 7.06. The van der Waals surface area contributed by atoms with E-state index in [1.165, 1.54) is 0 Å². The number of aryl methyl sites for hydroxylation is 1. The Morgan fingerprint density at radius 2 is 1.80 bits per heavy atom. The Labute approximate surface area is 122 Å². The zero-order valence-electron chi connectivity index (χ0n) is 12.7. The normalized spacial score (nSPS) is 12.1. The summed E-state index contributed by atoms with van der Waals surface area (Å²) in [6.45, 7) is 10.6. The molecule has 0 aliphatic heterocycles. The molecule has 5 nitrogen and oxygen atoms in total. The topological polar surface area (TPSA) is 75.4 Å². The maximum Gasteiger partial charge on any atom is 0.241 e. The van der Waals surface area contributed by atoms with Crippen molar-refractivity contribution in [1.82, 2.24) is 9.62 Å². The third kappa shape index (κ3) is 3.94. The molecule has 0 aliphatic carbocycles. The molecule has 0 radical (unpaired) electrons. The van der Waals surface area contributed by atoms with Gasteiger partial charge in [0.2, 0.25) is 10.0 Å². The lowest BCUT2D eigenvalue weighted by molar-refractivity contribution is 0.309. The molecule has 3 N–H and O–H groups in total. The summed E-state index contributed by atoms with van der Waals surface area (Å²) in [4.78, 5) is 2.47. The number of benzene rings is 1. The second-order valence-electron chi connectivity index (χ2n) is 4.85. The molecule has 0 saturated carbocycles. The molecule has 1 rings (SSSR count). The molecule has 0 heterocycles. The minimum Gasteiger partial charge on any atom is -0.398 e. The molecule has 6 heteroatoms. The number of anilines is 1. The van der Waals surface area contributed by atoms with E-state index in [4.69, 9.17) is 5.73 Å². The lowest BCUT2D eigenvalue weighted by Gasteiger charge is -2.19. The van der Waals surface area contributed by atoms with E-state index in [1.54, 1.807) is 26.0 Å². The quantitative estimate of drug-likeness (QED) is 0.748. The Morgan fingerprint density at radius 3 is 2.35 bits per heavy atom. The third-order valence-corrected chi connectivity index (χ3v) is 5.28. The number of nitrogen functional groups attached to an aromatic ring is 1. The van der Waals surface area contributed by atoms with Crippen molar-refractivity contribution in [2.24, 2.45) is 0 Å². The van der Waals surface area contributed by atoms with Crippen molar-refractivity contribution in [1.29, 1.82) is 0 Å². The zero-order chi connectivity index (χ0) is 15.3. The lowest BCUT2D eigenvalue weighted by atomic mass is 10.1. The highest BCUT2D eigenvalue weighted by molar-refractivity contribution is 7.89. The van der Waals surface area contributed by atoms with Crippen LogP contribution in [0.1, 0.15) is 25.0 Å². The summed E-state index contributed by atoms with van der Waals surface area (Å²) in [5.41, 5.74) is 7.63. The first-order valence-electron chi connectivity index (χ1n) is 6.91. The molecule has 0 spiro atoms. The zero-order valence-corrected chi connectivity index (χ0v) is 13.5. The Morgan fingerprint density at radius 1 is 1.20 bits per heavy atom. The number of rotatable bonds is 7. The highest BCUT2D eigenvalue weighted by Crippen LogP contribution is 2.24. The number of nitrogens with zero attached hydrogens (tertiary/aromatic N) is 1. The van der Waals surface area contributed by atoms with Gasteiger partial charge < -0.3 is 10.6 Å². The molecule has 0 saturated heterocycles. The predicted molar refractivity (Wildman–Crippen MR) is 83.3 cm³/mol. The van der Waals surface area contributed by atoms with Crippen LogP contribution in [0.15, 0.2) is 17.0 Å². The van der Waals surface area contributed by atoms with Crippen LogP contribution in [-0.4, -0.2) is 39.5 Å². The van der Waals surface area contributed by atoms with Gasteiger partial charge in [0.05, 0.1) is 4.90 Å². The number of nitrogens with one attached hydrogen (secondary N) is 1. The summed E-state index contributed by atoms with van der Waals surface area (Å²) in [6, 6.07) is 3.47. The molecular weight excluding hydrogens is 274 g/mol. The summed E-state index contributed by atoms with van der Waals surface area (Å²) in [5.74, 6) is 0. The second-order valence-corrected chi connectivity index (χ2v) is 6.55. The van der Waals surface area contributed by atoms with Gasteiger partial charge in [0.1, 0.15) is 0 Å². The van der Waals surface area contributed by atoms with Gasteiger partial charge in [-0.05, 0) is 44.1 Å². The standard InChI is InChI=1S/C14H25N3O2S/c1-5-17(6-2)10-9-16-20(18,19)14-11(3)7-8-13(15)12(14)4/h7-8,16H,5-6,9-10,15H2,1-4H3. The number of likely N-dealkylation sites (N-methyl/N-ethyl adjacent to an activating group) is 1. The van der Waals surface area contributed by atoms with Crippen molar-refractivity contribution in [2.75, 3.05) is 31.9 Å². The van der Waals surface area contributed by atoms with Gasteiger partial charge in [-0.2, -0.15) is 0 Å². The molecule has 0 unspecified atom stereocenters. The summed E-state index contributed by atoms with van der Waals surface area (Å²) >= 11 is 0. The number of sulfonamides is 1. The van der Waals surface area contributed by atoms with Gasteiger partial charge in [0, 0.05) is 18.8 Å². The van der Waals surface area contributed by atoms with E-state index in [2.05, 4.69) is 23.5 Å². The van der Waals surface area contributed by atoms with E-state index in [9.17, 15) is 8.42 Å². The van der Waals surface area contributed by atoms with E-state index in [0.29, 0.717) is 34.8 Å². The fourth-order valence-electron chi connectivity index (χ4n) is 2.21. The lowest BCUT2D eigenvalue weighted by Crippen LogP contribution is -2.35. The first kappa shape index (κ1) is 16.9. The summed E-state index contributed by atoms with van der Waals surface area (Å²) in [7, 11) is -3.51. The van der Waals surface area contributed by atoms with Crippen LogP contribution in [0.3, 0.4) is 0 Å². The van der Waals surface area contributed by atoms with E-state index in [1.807, 2.05) is 0 Å². The Hall–Kier alpha value is -1.11. The van der Waals surface area contributed by atoms with Gasteiger partial charge in [0.15, 0.2) is 0 Å². The average molecular weight is 299 g/mol. The molecule has 0 fully saturated rings. The van der Waals surface area contributed by atoms with Crippen LogP contribution in [0.2, 0.25) is 0 Å². The van der Waals surface area contributed by atoms with Crippen LogP contribution in [-0.2, 0) is 10.0 Å². The molecular formula is C14H25N3O2S. The third-order valence-electron chi connectivity index (χ3n) is 3.53. The van der Waals surface area contributed by atoms with Gasteiger partial charge in [-0.1, -0.05) is 19.9 Å². The molecule has 1 aromatic carbocycles. The van der Waals surface area contributed by atoms with Crippen LogP contribution >= 0.6 is 0 Å². The molecule has 0 bridgehead atoms. The van der Waals surface area contributed by atoms with Gasteiger partial charge in [-0.25, -0.2) is 13.1 Å². The average Bonchev–Trinajstić information content (AvgIpc) is 2.39. The van der Waals surface area contributed by atoms with E-state index in [0.717, 1.165) is 13.1 Å². The van der Waals surface area contributed by atoms with Crippen LogP contribution in [0, 0.1) is 13.8 Å². The van der Waals surface area contributed by atoms with Crippen LogP contribution < -0.4 is 10.5 Å². The predicted octanol–water partition coefficient (Wildman–Crippen LogP) is 1.51. The first-order chi connectivity index (χ1) is 9.33. The molecule has 0 aliphatic rings. The fourth-order valence-corrected chi connectivity index (χ4v) is 3.72. The molecule has 0 amide bonds. The van der Waals surface area contributed by atoms with Crippen molar-refractivity contribution in [3.8, 4) is 0 Å². The molecule has 0 atom stereocenters. The molecule has 114 valence electrons. The van der Waals surface area contributed by atoms with Crippen LogP contribution in [0.5, 0.6) is 0 Å². The highest BCUT2D eigenvalue weighted by atomic mass is 32.2. The van der Waals surface area contributed by atoms with Gasteiger partial charge in [0.25, 0.3) is 0 Å². The fraction of sp³-hybridized carbons (Fsp3) is 0.571. The van der Waals surface area contributed by atoms with E-state index >= 15 is 0 Å². The minimum atomic E-state index is -3.51. The number of hydrogen-bond donors (Lipinski definition) is 2. The van der Waals surface area contributed by atoms with Crippen LogP contribution in [0.25, 0.3) is 0 Å². The number of hydrogen-bond acceptors (Lipinski definition) is 4.